The predicted octanol–water partition coefficient (Wildman–Crippen LogP) is 3.14. The van der Waals surface area contributed by atoms with Crippen LogP contribution in [0.25, 0.3) is 0 Å². The minimum Gasteiger partial charge on any atom is -0.404 e. The summed E-state index contributed by atoms with van der Waals surface area (Å²) in [6, 6.07) is 0.965. The van der Waals surface area contributed by atoms with Crippen molar-refractivity contribution in [3.8, 4) is 5.75 Å². The van der Waals surface area contributed by atoms with Crippen molar-refractivity contribution in [3.63, 3.8) is 0 Å². The van der Waals surface area contributed by atoms with E-state index in [1.165, 1.54) is 0 Å². The molecule has 1 rings (SSSR count). The first-order chi connectivity index (χ1) is 7.37. The minimum absolute atomic E-state index is 0.0220. The third kappa shape index (κ3) is 3.48. The molecule has 0 bridgehead atoms. The molecule has 3 nitrogen and oxygen atoms in total. The Balaban J connectivity index is 3.20. The second-order valence-electron chi connectivity index (χ2n) is 2.61. The molecule has 1 heterocycles. The number of rotatable bonds is 3. The van der Waals surface area contributed by atoms with E-state index in [1.807, 2.05) is 0 Å². The van der Waals surface area contributed by atoms with E-state index in [-0.39, 0.29) is 20.8 Å². The van der Waals surface area contributed by atoms with Crippen LogP contribution in [-0.2, 0) is 5.88 Å². The Morgan fingerprint density at radius 1 is 1.56 bits per heavy atom. The van der Waals surface area contributed by atoms with Crippen LogP contribution in [0.1, 0.15) is 16.1 Å². The van der Waals surface area contributed by atoms with Crippen LogP contribution in [0.4, 0.5) is 13.2 Å². The van der Waals surface area contributed by atoms with Crippen molar-refractivity contribution in [2.75, 3.05) is 0 Å². The summed E-state index contributed by atoms with van der Waals surface area (Å²) in [7, 11) is 0. The first-order valence-electron chi connectivity index (χ1n) is 3.83. The summed E-state index contributed by atoms with van der Waals surface area (Å²) in [5, 5.41) is 0. The molecule has 1 aromatic rings. The van der Waals surface area contributed by atoms with Crippen molar-refractivity contribution in [2.24, 2.45) is 0 Å². The van der Waals surface area contributed by atoms with Crippen LogP contribution in [0, 0.1) is 3.70 Å². The molecule has 0 spiro atoms. The molecule has 0 radical (unpaired) electrons. The van der Waals surface area contributed by atoms with Gasteiger partial charge >= 0.3 is 6.36 Å². The van der Waals surface area contributed by atoms with Crippen LogP contribution < -0.4 is 4.74 Å². The van der Waals surface area contributed by atoms with Gasteiger partial charge in [0.1, 0.15) is 3.70 Å². The van der Waals surface area contributed by atoms with E-state index in [0.29, 0.717) is 6.29 Å². The summed E-state index contributed by atoms with van der Waals surface area (Å²) in [4.78, 5) is 14.3. The largest absolute Gasteiger partial charge is 0.573 e. The summed E-state index contributed by atoms with van der Waals surface area (Å²) in [5.41, 5.74) is -0.0392. The van der Waals surface area contributed by atoms with E-state index < -0.39 is 12.1 Å². The van der Waals surface area contributed by atoms with Crippen molar-refractivity contribution < 1.29 is 22.7 Å². The van der Waals surface area contributed by atoms with Crippen molar-refractivity contribution in [2.45, 2.75) is 12.2 Å². The second-order valence-corrected chi connectivity index (χ2v) is 3.90. The fraction of sp³-hybridized carbons (Fsp3) is 0.250. The highest BCUT2D eigenvalue weighted by atomic mass is 127. The van der Waals surface area contributed by atoms with Crippen molar-refractivity contribution >= 4 is 40.5 Å². The van der Waals surface area contributed by atoms with Gasteiger partial charge in [-0.2, -0.15) is 0 Å². The van der Waals surface area contributed by atoms with Crippen molar-refractivity contribution in [1.82, 2.24) is 4.98 Å². The van der Waals surface area contributed by atoms with E-state index >= 15 is 0 Å². The molecule has 0 N–H and O–H groups in total. The third-order valence-electron chi connectivity index (χ3n) is 1.52. The molecule has 0 saturated carbocycles. The summed E-state index contributed by atoms with van der Waals surface area (Å²) in [6.45, 7) is 0. The molecule has 0 unspecified atom stereocenters. The summed E-state index contributed by atoms with van der Waals surface area (Å²) in [6.07, 6.45) is -4.44. The van der Waals surface area contributed by atoms with Crippen LogP contribution in [0.5, 0.6) is 5.75 Å². The third-order valence-corrected chi connectivity index (χ3v) is 2.64. The molecule has 0 aliphatic rings. The molecule has 88 valence electrons. The van der Waals surface area contributed by atoms with Gasteiger partial charge < -0.3 is 4.74 Å². The maximum Gasteiger partial charge on any atom is 0.573 e. The van der Waals surface area contributed by atoms with E-state index in [0.717, 1.165) is 6.07 Å². The van der Waals surface area contributed by atoms with Gasteiger partial charge in [-0.05, 0) is 28.7 Å². The molecular weight excluding hydrogens is 361 g/mol. The van der Waals surface area contributed by atoms with Crippen LogP contribution >= 0.6 is 34.2 Å². The first-order valence-corrected chi connectivity index (χ1v) is 5.45. The number of aldehydes is 1. The highest BCUT2D eigenvalue weighted by molar-refractivity contribution is 14.1. The zero-order chi connectivity index (χ0) is 12.3. The molecule has 0 atom stereocenters. The van der Waals surface area contributed by atoms with Crippen LogP contribution in [0.3, 0.4) is 0 Å². The topological polar surface area (TPSA) is 39.2 Å². The fourth-order valence-corrected chi connectivity index (χ4v) is 1.68. The summed E-state index contributed by atoms with van der Waals surface area (Å²) < 4.78 is 40.0. The number of halogens is 5. The van der Waals surface area contributed by atoms with E-state index in [2.05, 4.69) is 9.72 Å². The van der Waals surface area contributed by atoms with Gasteiger partial charge in [0.15, 0.2) is 12.0 Å². The average Bonchev–Trinajstić information content (AvgIpc) is 2.18. The second kappa shape index (κ2) is 5.17. The van der Waals surface area contributed by atoms with Gasteiger partial charge in [-0.1, -0.05) is 0 Å². The van der Waals surface area contributed by atoms with Gasteiger partial charge in [-0.15, -0.1) is 24.8 Å². The Morgan fingerprint density at radius 3 is 2.62 bits per heavy atom. The highest BCUT2D eigenvalue weighted by Crippen LogP contribution is 2.28. The number of nitrogens with zero attached hydrogens (tertiary/aromatic N) is 1. The number of hydrogen-bond donors (Lipinski definition) is 0. The minimum atomic E-state index is -4.84. The number of pyridine rings is 1. The number of carbonyl (C=O) groups excluding carboxylic acids is 1. The molecule has 16 heavy (non-hydrogen) atoms. The van der Waals surface area contributed by atoms with Gasteiger partial charge in [0.2, 0.25) is 0 Å². The molecule has 0 fully saturated rings. The van der Waals surface area contributed by atoms with Crippen LogP contribution in [-0.4, -0.2) is 17.6 Å². The molecular formula is C8H4ClF3INO2. The quantitative estimate of drug-likeness (QED) is 0.358. The zero-order valence-electron chi connectivity index (χ0n) is 7.52. The van der Waals surface area contributed by atoms with Gasteiger partial charge in [0, 0.05) is 5.56 Å². The molecule has 8 heteroatoms. The Kier molecular flexibility index (Phi) is 4.36. The van der Waals surface area contributed by atoms with Gasteiger partial charge in [-0.25, -0.2) is 4.98 Å². The van der Waals surface area contributed by atoms with Gasteiger partial charge in [-0.3, -0.25) is 4.79 Å². The SMILES string of the molecule is O=Cc1cc(OC(F)(F)F)c(CCl)nc1I. The summed E-state index contributed by atoms with van der Waals surface area (Å²) in [5.74, 6) is -0.786. The van der Waals surface area contributed by atoms with Crippen LogP contribution in [0.2, 0.25) is 0 Å². The maximum absolute atomic E-state index is 12.0. The maximum atomic E-state index is 12.0. The lowest BCUT2D eigenvalue weighted by atomic mass is 10.2. The number of ether oxygens (including phenoxy) is 1. The fourth-order valence-electron chi connectivity index (χ4n) is 0.914. The Labute approximate surface area is 107 Å². The Hall–Kier alpha value is -0.570. The van der Waals surface area contributed by atoms with E-state index in [1.54, 1.807) is 22.6 Å². The number of carbonyl (C=O) groups is 1. The monoisotopic (exact) mass is 365 g/mol. The lowest BCUT2D eigenvalue weighted by molar-refractivity contribution is -0.275. The number of alkyl halides is 4. The normalized spacial score (nSPS) is 11.3. The smallest absolute Gasteiger partial charge is 0.404 e. The lowest BCUT2D eigenvalue weighted by Crippen LogP contribution is -2.19. The van der Waals surface area contributed by atoms with Gasteiger partial charge in [0.05, 0.1) is 11.6 Å². The molecule has 0 aromatic carbocycles. The standard InChI is InChI=1S/C8H4ClF3INO2/c9-2-5-6(16-8(10,11)12)1-4(3-15)7(13)14-5/h1,3H,2H2. The number of aromatic nitrogens is 1. The van der Waals surface area contributed by atoms with E-state index in [9.17, 15) is 18.0 Å². The molecule has 0 aliphatic heterocycles. The average molecular weight is 365 g/mol. The molecule has 0 amide bonds. The van der Waals surface area contributed by atoms with Crippen LogP contribution in [0.15, 0.2) is 6.07 Å². The molecule has 0 saturated heterocycles. The highest BCUT2D eigenvalue weighted by Gasteiger charge is 2.32. The van der Waals surface area contributed by atoms with Gasteiger partial charge in [0.25, 0.3) is 0 Å². The van der Waals surface area contributed by atoms with Crippen molar-refractivity contribution in [1.29, 1.82) is 0 Å². The zero-order valence-corrected chi connectivity index (χ0v) is 10.4. The van der Waals surface area contributed by atoms with E-state index in [4.69, 9.17) is 11.6 Å². The number of hydrogen-bond acceptors (Lipinski definition) is 3. The lowest BCUT2D eigenvalue weighted by Gasteiger charge is -2.12. The molecule has 1 aromatic heterocycles. The Bertz CT molecular complexity index is 411. The molecule has 0 aliphatic carbocycles. The first kappa shape index (κ1) is 13.5. The summed E-state index contributed by atoms with van der Waals surface area (Å²) >= 11 is 7.15. The Morgan fingerprint density at radius 2 is 2.19 bits per heavy atom. The predicted molar refractivity (Wildman–Crippen MR) is 58.6 cm³/mol. The van der Waals surface area contributed by atoms with Crippen molar-refractivity contribution in [3.05, 3.63) is 21.0 Å².